The zero-order chi connectivity index (χ0) is 21.6. The van der Waals surface area contributed by atoms with Crippen LogP contribution in [0.1, 0.15) is 13.8 Å². The molecular weight excluding hydrogens is 401 g/mol. The van der Waals surface area contributed by atoms with E-state index >= 15 is 0 Å². The molecule has 14 heteroatoms. The molecule has 0 aromatic carbocycles. The van der Waals surface area contributed by atoms with Crippen molar-refractivity contribution in [3.8, 4) is 0 Å². The van der Waals surface area contributed by atoms with Crippen molar-refractivity contribution in [3.63, 3.8) is 0 Å². The van der Waals surface area contributed by atoms with E-state index in [1.54, 1.807) is 0 Å². The zero-order valence-electron chi connectivity index (χ0n) is 12.8. The Morgan fingerprint density at radius 3 is 1.50 bits per heavy atom. The minimum Gasteiger partial charge on any atom is -0.459 e. The van der Waals surface area contributed by atoms with Crippen LogP contribution in [0.5, 0.6) is 0 Å². The van der Waals surface area contributed by atoms with Crippen LogP contribution in [0.2, 0.25) is 0 Å². The van der Waals surface area contributed by atoms with Gasteiger partial charge in [-0.15, -0.1) is 0 Å². The Morgan fingerprint density at radius 2 is 1.23 bits per heavy atom. The first-order chi connectivity index (χ1) is 11.1. The number of halogens is 11. The highest BCUT2D eigenvalue weighted by atomic mass is 19.4. The monoisotopic (exact) mass is 412 g/mol. The average molecular weight is 412 g/mol. The molecular formula is C12H11F11O3. The van der Waals surface area contributed by atoms with Crippen molar-refractivity contribution >= 4 is 5.97 Å². The van der Waals surface area contributed by atoms with Gasteiger partial charge in [-0.1, -0.05) is 6.58 Å². The van der Waals surface area contributed by atoms with Crippen LogP contribution in [0.4, 0.5) is 48.3 Å². The van der Waals surface area contributed by atoms with E-state index in [2.05, 4.69) is 11.3 Å². The molecule has 0 rings (SSSR count). The Kier molecular flexibility index (Phi) is 6.13. The van der Waals surface area contributed by atoms with Gasteiger partial charge in [-0.3, -0.25) is 0 Å². The number of ether oxygens (including phenoxy) is 1. The Bertz CT molecular complexity index is 546. The van der Waals surface area contributed by atoms with Crippen LogP contribution in [0.15, 0.2) is 12.2 Å². The summed E-state index contributed by atoms with van der Waals surface area (Å²) in [6.07, 6.45) is -15.1. The van der Waals surface area contributed by atoms with Crippen LogP contribution in [0.3, 0.4) is 0 Å². The number of alkyl halides is 11. The van der Waals surface area contributed by atoms with Crippen molar-refractivity contribution in [2.75, 3.05) is 6.61 Å². The van der Waals surface area contributed by atoms with Gasteiger partial charge in [0.05, 0.1) is 0 Å². The lowest BCUT2D eigenvalue weighted by atomic mass is 9.83. The summed E-state index contributed by atoms with van der Waals surface area (Å²) in [6, 6.07) is 0. The topological polar surface area (TPSA) is 46.5 Å². The van der Waals surface area contributed by atoms with Gasteiger partial charge < -0.3 is 9.84 Å². The van der Waals surface area contributed by atoms with E-state index in [9.17, 15) is 58.2 Å². The maximum Gasteiger partial charge on any atom is 0.438 e. The third-order valence-corrected chi connectivity index (χ3v) is 3.12. The summed E-state index contributed by atoms with van der Waals surface area (Å²) < 4.78 is 146. The first-order valence-electron chi connectivity index (χ1n) is 6.21. The second-order valence-corrected chi connectivity index (χ2v) is 5.43. The second-order valence-electron chi connectivity index (χ2n) is 5.43. The molecule has 0 aliphatic heterocycles. The average Bonchev–Trinajstić information content (AvgIpc) is 2.40. The molecule has 0 saturated carbocycles. The second kappa shape index (κ2) is 6.53. The molecule has 0 aromatic rings. The normalized spacial score (nSPS) is 16.8. The number of hydrogen-bond donors (Lipinski definition) is 1. The quantitative estimate of drug-likeness (QED) is 0.408. The highest BCUT2D eigenvalue weighted by Crippen LogP contribution is 2.61. The van der Waals surface area contributed by atoms with Gasteiger partial charge in [-0.05, 0) is 13.8 Å². The van der Waals surface area contributed by atoms with Crippen molar-refractivity contribution in [2.45, 2.75) is 49.3 Å². The first-order valence-corrected chi connectivity index (χ1v) is 6.21. The summed E-state index contributed by atoms with van der Waals surface area (Å²) in [5.74, 6) is -15.8. The SMILES string of the molecule is C=C(C)C(=O)OCC(C)(O)C(F)(F)C(F)(F)C(F)(C(F)(F)F)C(F)(F)F. The Balaban J connectivity index is 6.20. The van der Waals surface area contributed by atoms with E-state index in [0.29, 0.717) is 0 Å². The Morgan fingerprint density at radius 1 is 0.885 bits per heavy atom. The fourth-order valence-electron chi connectivity index (χ4n) is 1.49. The maximum atomic E-state index is 13.7. The van der Waals surface area contributed by atoms with E-state index in [1.165, 1.54) is 0 Å². The van der Waals surface area contributed by atoms with Crippen LogP contribution in [-0.2, 0) is 9.53 Å². The molecule has 154 valence electrons. The standard InChI is InChI=1S/C12H11F11O3/c1-5(2)6(24)26-4-7(3,25)9(14,15)10(16,17)8(13,11(18,19)20)12(21,22)23/h25H,1,4H2,2-3H3. The van der Waals surface area contributed by atoms with Crippen LogP contribution in [-0.4, -0.2) is 53.2 Å². The van der Waals surface area contributed by atoms with Gasteiger partial charge in [0.25, 0.3) is 0 Å². The van der Waals surface area contributed by atoms with E-state index in [1.807, 2.05) is 0 Å². The summed E-state index contributed by atoms with van der Waals surface area (Å²) in [4.78, 5) is 11.0. The number of esters is 1. The van der Waals surface area contributed by atoms with Gasteiger partial charge in [0.2, 0.25) is 0 Å². The van der Waals surface area contributed by atoms with Crippen molar-refractivity contribution in [1.82, 2.24) is 0 Å². The molecule has 0 bridgehead atoms. The minimum atomic E-state index is -7.71. The van der Waals surface area contributed by atoms with Crippen LogP contribution in [0, 0.1) is 0 Å². The lowest BCUT2D eigenvalue weighted by molar-refractivity contribution is -0.440. The number of carbonyl (C=O) groups excluding carboxylic acids is 1. The van der Waals surface area contributed by atoms with Crippen molar-refractivity contribution in [3.05, 3.63) is 12.2 Å². The predicted octanol–water partition coefficient (Wildman–Crippen LogP) is 3.96. The first kappa shape index (κ1) is 24.4. The Hall–Kier alpha value is -1.60. The molecule has 0 aliphatic rings. The molecule has 0 saturated heterocycles. The molecule has 1 N–H and O–H groups in total. The van der Waals surface area contributed by atoms with Gasteiger partial charge in [-0.25, -0.2) is 9.18 Å². The number of carbonyl (C=O) groups is 1. The van der Waals surface area contributed by atoms with Crippen LogP contribution in [0.25, 0.3) is 0 Å². The lowest BCUT2D eigenvalue weighted by Crippen LogP contribution is -2.74. The molecule has 26 heavy (non-hydrogen) atoms. The number of rotatable bonds is 6. The van der Waals surface area contributed by atoms with E-state index in [0.717, 1.165) is 6.92 Å². The molecule has 1 atom stereocenters. The molecule has 0 radical (unpaired) electrons. The van der Waals surface area contributed by atoms with Crippen LogP contribution < -0.4 is 0 Å². The maximum absolute atomic E-state index is 13.7. The third kappa shape index (κ3) is 3.60. The van der Waals surface area contributed by atoms with Crippen molar-refractivity contribution < 1.29 is 62.9 Å². The van der Waals surface area contributed by atoms with Crippen LogP contribution >= 0.6 is 0 Å². The van der Waals surface area contributed by atoms with Gasteiger partial charge in [0, 0.05) is 5.57 Å². The molecule has 0 aromatic heterocycles. The molecule has 0 amide bonds. The Labute approximate surface area is 138 Å². The lowest BCUT2D eigenvalue weighted by Gasteiger charge is -2.43. The van der Waals surface area contributed by atoms with Crippen molar-refractivity contribution in [2.24, 2.45) is 0 Å². The minimum absolute atomic E-state index is 0.361. The summed E-state index contributed by atoms with van der Waals surface area (Å²) in [5, 5.41) is 9.27. The summed E-state index contributed by atoms with van der Waals surface area (Å²) >= 11 is 0. The fraction of sp³-hybridized carbons (Fsp3) is 0.750. The van der Waals surface area contributed by atoms with Gasteiger partial charge in [0.1, 0.15) is 6.61 Å². The summed E-state index contributed by atoms with van der Waals surface area (Å²) in [7, 11) is 0. The van der Waals surface area contributed by atoms with Gasteiger partial charge >= 0.3 is 35.8 Å². The summed E-state index contributed by atoms with van der Waals surface area (Å²) in [6.45, 7) is 1.29. The van der Waals surface area contributed by atoms with Gasteiger partial charge in [0.15, 0.2) is 5.60 Å². The highest BCUT2D eigenvalue weighted by molar-refractivity contribution is 5.86. The van der Waals surface area contributed by atoms with Crippen molar-refractivity contribution in [1.29, 1.82) is 0 Å². The zero-order valence-corrected chi connectivity index (χ0v) is 12.8. The third-order valence-electron chi connectivity index (χ3n) is 3.12. The molecule has 3 nitrogen and oxygen atoms in total. The highest BCUT2D eigenvalue weighted by Gasteiger charge is 2.92. The van der Waals surface area contributed by atoms with E-state index < -0.39 is 53.6 Å². The molecule has 0 fully saturated rings. The molecule has 0 spiro atoms. The van der Waals surface area contributed by atoms with Gasteiger partial charge in [-0.2, -0.15) is 43.9 Å². The predicted molar refractivity (Wildman–Crippen MR) is 62.2 cm³/mol. The molecule has 1 unspecified atom stereocenters. The smallest absolute Gasteiger partial charge is 0.438 e. The molecule has 0 heterocycles. The largest absolute Gasteiger partial charge is 0.459 e. The fourth-order valence-corrected chi connectivity index (χ4v) is 1.49. The molecule has 0 aliphatic carbocycles. The van der Waals surface area contributed by atoms with E-state index in [-0.39, 0.29) is 6.92 Å². The van der Waals surface area contributed by atoms with E-state index in [4.69, 9.17) is 0 Å². The summed E-state index contributed by atoms with van der Waals surface area (Å²) in [5.41, 5.74) is -12.8. The number of hydrogen-bond acceptors (Lipinski definition) is 3. The number of aliphatic hydroxyl groups is 1.